The average molecular weight is 420 g/mol. The van der Waals surface area contributed by atoms with Gasteiger partial charge in [0.1, 0.15) is 16.7 Å². The minimum Gasteiger partial charge on any atom is -0.495 e. The molecule has 3 aromatic rings. The first-order chi connectivity index (χ1) is 13.9. The molecule has 1 N–H and O–H groups in total. The molecule has 1 unspecified atom stereocenters. The highest BCUT2D eigenvalue weighted by Crippen LogP contribution is 2.47. The van der Waals surface area contributed by atoms with Gasteiger partial charge in [-0.05, 0) is 35.4 Å². The fourth-order valence-electron chi connectivity index (χ4n) is 3.28. The van der Waals surface area contributed by atoms with Gasteiger partial charge in [0.2, 0.25) is 11.6 Å². The lowest BCUT2D eigenvalue weighted by Gasteiger charge is -2.29. The smallest absolute Gasteiger partial charge is 0.323 e. The Morgan fingerprint density at radius 2 is 1.72 bits per heavy atom. The van der Waals surface area contributed by atoms with Gasteiger partial charge in [-0.25, -0.2) is 8.78 Å². The summed E-state index contributed by atoms with van der Waals surface area (Å²) in [5, 5.41) is 3.37. The normalized spacial score (nSPS) is 14.4. The summed E-state index contributed by atoms with van der Waals surface area (Å²) in [5.41, 5.74) is 1.92. The highest BCUT2D eigenvalue weighted by Gasteiger charge is 2.35. The van der Waals surface area contributed by atoms with Crippen LogP contribution >= 0.6 is 11.6 Å². The van der Waals surface area contributed by atoms with Crippen molar-refractivity contribution in [2.45, 2.75) is 5.92 Å². The van der Waals surface area contributed by atoms with E-state index in [2.05, 4.69) is 5.32 Å². The molecule has 1 heterocycles. The fraction of sp³-hybridized carbons (Fsp3) is 0.0952. The number of anilines is 2. The Morgan fingerprint density at radius 3 is 2.48 bits per heavy atom. The first-order valence-electron chi connectivity index (χ1n) is 8.50. The SMILES string of the molecule is COc1ccc2c(c1Cl)Nc1ccccc1C2C(=O)Oc1c(F)ccc(F)c1F. The van der Waals surface area contributed by atoms with Gasteiger partial charge in [-0.1, -0.05) is 35.9 Å². The molecule has 0 fully saturated rings. The van der Waals surface area contributed by atoms with E-state index in [1.165, 1.54) is 7.11 Å². The molecule has 4 nitrogen and oxygen atoms in total. The number of hydrogen-bond donors (Lipinski definition) is 1. The maximum absolute atomic E-state index is 14.0. The molecule has 4 rings (SSSR count). The first kappa shape index (κ1) is 19.1. The van der Waals surface area contributed by atoms with Crippen molar-refractivity contribution in [1.29, 1.82) is 0 Å². The number of esters is 1. The van der Waals surface area contributed by atoms with Crippen LogP contribution in [0.5, 0.6) is 11.5 Å². The van der Waals surface area contributed by atoms with E-state index < -0.39 is 35.1 Å². The minimum atomic E-state index is -1.58. The zero-order valence-corrected chi connectivity index (χ0v) is 15.7. The molecule has 1 atom stereocenters. The van der Waals surface area contributed by atoms with Crippen molar-refractivity contribution in [2.75, 3.05) is 12.4 Å². The lowest BCUT2D eigenvalue weighted by atomic mass is 9.86. The van der Waals surface area contributed by atoms with Crippen LogP contribution in [-0.2, 0) is 4.79 Å². The fourth-order valence-corrected chi connectivity index (χ4v) is 3.57. The molecular formula is C21H13ClF3NO3. The number of nitrogens with one attached hydrogen (secondary N) is 1. The Bertz CT molecular complexity index is 1140. The molecule has 0 aromatic heterocycles. The molecule has 1 aliphatic heterocycles. The largest absolute Gasteiger partial charge is 0.495 e. The van der Waals surface area contributed by atoms with Gasteiger partial charge in [0.05, 0.1) is 12.8 Å². The molecule has 29 heavy (non-hydrogen) atoms. The third-order valence-electron chi connectivity index (χ3n) is 4.64. The number of fused-ring (bicyclic) bond motifs is 2. The van der Waals surface area contributed by atoms with E-state index in [-0.39, 0.29) is 5.02 Å². The topological polar surface area (TPSA) is 47.6 Å². The van der Waals surface area contributed by atoms with Gasteiger partial charge in [0.15, 0.2) is 11.6 Å². The first-order valence-corrected chi connectivity index (χ1v) is 8.87. The number of methoxy groups -OCH3 is 1. The molecule has 3 aromatic carbocycles. The van der Waals surface area contributed by atoms with E-state index in [1.807, 2.05) is 0 Å². The van der Waals surface area contributed by atoms with Gasteiger partial charge in [0, 0.05) is 5.69 Å². The molecule has 0 amide bonds. The van der Waals surface area contributed by atoms with Gasteiger partial charge >= 0.3 is 5.97 Å². The van der Waals surface area contributed by atoms with Gasteiger partial charge in [-0.15, -0.1) is 0 Å². The van der Waals surface area contributed by atoms with Crippen LogP contribution in [0.1, 0.15) is 17.0 Å². The summed E-state index contributed by atoms with van der Waals surface area (Å²) in [6, 6.07) is 11.3. The Kier molecular flexibility index (Phi) is 4.84. The van der Waals surface area contributed by atoms with Crippen LogP contribution in [0.25, 0.3) is 0 Å². The van der Waals surface area contributed by atoms with Crippen molar-refractivity contribution in [1.82, 2.24) is 0 Å². The maximum atomic E-state index is 14.0. The standard InChI is InChI=1S/C21H13ClF3NO3/c1-28-15-9-6-11-16(10-4-2-3-5-14(10)26-19(11)17(15)22)21(27)29-20-13(24)8-7-12(23)18(20)25/h2-9,16,26H,1H3. The Morgan fingerprint density at radius 1 is 1.00 bits per heavy atom. The summed E-state index contributed by atoms with van der Waals surface area (Å²) in [6.45, 7) is 0. The van der Waals surface area contributed by atoms with E-state index in [4.69, 9.17) is 21.1 Å². The molecule has 0 aliphatic carbocycles. The van der Waals surface area contributed by atoms with Crippen molar-refractivity contribution in [3.63, 3.8) is 0 Å². The van der Waals surface area contributed by atoms with Crippen LogP contribution in [0.15, 0.2) is 48.5 Å². The lowest BCUT2D eigenvalue weighted by molar-refractivity contribution is -0.135. The van der Waals surface area contributed by atoms with Crippen LogP contribution in [0.3, 0.4) is 0 Å². The van der Waals surface area contributed by atoms with Gasteiger partial charge in [-0.3, -0.25) is 4.79 Å². The van der Waals surface area contributed by atoms with Gasteiger partial charge in [-0.2, -0.15) is 4.39 Å². The van der Waals surface area contributed by atoms with E-state index in [0.29, 0.717) is 40.4 Å². The van der Waals surface area contributed by atoms with E-state index in [0.717, 1.165) is 0 Å². The molecule has 0 bridgehead atoms. The zero-order chi connectivity index (χ0) is 20.7. The monoisotopic (exact) mass is 419 g/mol. The van der Waals surface area contributed by atoms with Crippen molar-refractivity contribution in [3.05, 3.63) is 82.1 Å². The van der Waals surface area contributed by atoms with Crippen molar-refractivity contribution >= 4 is 28.9 Å². The number of halogens is 4. The van der Waals surface area contributed by atoms with Gasteiger partial charge < -0.3 is 14.8 Å². The number of para-hydroxylation sites is 1. The Hall–Kier alpha value is -3.19. The second-order valence-electron chi connectivity index (χ2n) is 6.28. The molecule has 0 saturated carbocycles. The molecule has 1 aliphatic rings. The minimum absolute atomic E-state index is 0.236. The summed E-state index contributed by atoms with van der Waals surface area (Å²) >= 11 is 6.39. The number of hydrogen-bond acceptors (Lipinski definition) is 4. The molecule has 0 saturated heterocycles. The molecule has 0 spiro atoms. The summed E-state index contributed by atoms with van der Waals surface area (Å²) < 4.78 is 51.7. The van der Waals surface area contributed by atoms with Crippen molar-refractivity contribution in [2.24, 2.45) is 0 Å². The third-order valence-corrected chi connectivity index (χ3v) is 5.02. The number of rotatable bonds is 3. The lowest BCUT2D eigenvalue weighted by Crippen LogP contribution is -2.25. The van der Waals surface area contributed by atoms with Crippen LogP contribution in [-0.4, -0.2) is 13.1 Å². The van der Waals surface area contributed by atoms with Crippen LogP contribution in [0.2, 0.25) is 5.02 Å². The highest BCUT2D eigenvalue weighted by atomic mass is 35.5. The maximum Gasteiger partial charge on any atom is 0.323 e. The number of carbonyl (C=O) groups is 1. The predicted molar refractivity (Wildman–Crippen MR) is 102 cm³/mol. The Labute approximate surface area is 168 Å². The quantitative estimate of drug-likeness (QED) is 0.343. The van der Waals surface area contributed by atoms with Crippen molar-refractivity contribution in [3.8, 4) is 11.5 Å². The molecular weight excluding hydrogens is 407 g/mol. The summed E-state index contributed by atoms with van der Waals surface area (Å²) in [5.74, 6) is -6.83. The second-order valence-corrected chi connectivity index (χ2v) is 6.66. The highest BCUT2D eigenvalue weighted by molar-refractivity contribution is 6.35. The summed E-state index contributed by atoms with van der Waals surface area (Å²) in [4.78, 5) is 13.0. The van der Waals surface area contributed by atoms with Crippen molar-refractivity contribution < 1.29 is 27.4 Å². The number of carbonyl (C=O) groups excluding carboxylic acids is 1. The number of ether oxygens (including phenoxy) is 2. The summed E-state index contributed by atoms with van der Waals surface area (Å²) in [6.07, 6.45) is 0. The Balaban J connectivity index is 1.83. The predicted octanol–water partition coefficient (Wildman–Crippen LogP) is 5.56. The van der Waals surface area contributed by atoms with E-state index >= 15 is 0 Å². The van der Waals surface area contributed by atoms with Crippen LogP contribution in [0.4, 0.5) is 24.5 Å². The van der Waals surface area contributed by atoms with Crippen LogP contribution < -0.4 is 14.8 Å². The average Bonchev–Trinajstić information content (AvgIpc) is 2.73. The second kappa shape index (κ2) is 7.33. The van der Waals surface area contributed by atoms with E-state index in [1.54, 1.807) is 36.4 Å². The van der Waals surface area contributed by atoms with Crippen LogP contribution in [0, 0.1) is 17.5 Å². The van der Waals surface area contributed by atoms with Gasteiger partial charge in [0.25, 0.3) is 0 Å². The molecule has 8 heteroatoms. The van der Waals surface area contributed by atoms with E-state index in [9.17, 15) is 18.0 Å². The zero-order valence-electron chi connectivity index (χ0n) is 14.9. The third kappa shape index (κ3) is 3.17. The molecule has 0 radical (unpaired) electrons. The number of benzene rings is 3. The summed E-state index contributed by atoms with van der Waals surface area (Å²) in [7, 11) is 1.45. The molecule has 148 valence electrons.